The third-order valence-corrected chi connectivity index (χ3v) is 2.17. The molecule has 0 spiro atoms. The molecule has 1 rings (SSSR count). The van der Waals surface area contributed by atoms with Gasteiger partial charge in [0.05, 0.1) is 5.37 Å². The van der Waals surface area contributed by atoms with Crippen LogP contribution in [0.2, 0.25) is 0 Å². The molecule has 0 saturated heterocycles. The van der Waals surface area contributed by atoms with Gasteiger partial charge in [-0.15, -0.1) is 0 Å². The summed E-state index contributed by atoms with van der Waals surface area (Å²) in [6, 6.07) is 6.16. The molecule has 0 radical (unpaired) electrons. The highest BCUT2D eigenvalue weighted by Gasteiger charge is 2.00. The lowest BCUT2D eigenvalue weighted by molar-refractivity contribution is 1.04. The van der Waals surface area contributed by atoms with E-state index in [-0.39, 0.29) is 5.37 Å². The minimum Gasteiger partial charge on any atom is -0.316 e. The van der Waals surface area contributed by atoms with Crippen LogP contribution >= 0.6 is 12.6 Å². The van der Waals surface area contributed by atoms with E-state index >= 15 is 0 Å². The standard InChI is InChI=1S/C9H13NS/c1-6-3-4-8(9(10)11)5-7(6)2/h3-5,9,11H,10H2,1-2H3. The first-order chi connectivity index (χ1) is 5.11. The number of thiol groups is 1. The van der Waals surface area contributed by atoms with E-state index in [4.69, 9.17) is 5.73 Å². The Kier molecular flexibility index (Phi) is 2.58. The molecular formula is C9H13NS. The average Bonchev–Trinajstić information content (AvgIpc) is 1.94. The third-order valence-electron chi connectivity index (χ3n) is 1.87. The molecule has 0 amide bonds. The molecule has 0 aliphatic rings. The summed E-state index contributed by atoms with van der Waals surface area (Å²) in [6.45, 7) is 4.16. The number of rotatable bonds is 1. The minimum atomic E-state index is -0.158. The molecule has 0 aliphatic carbocycles. The Morgan fingerprint density at radius 1 is 1.27 bits per heavy atom. The van der Waals surface area contributed by atoms with Crippen molar-refractivity contribution in [1.29, 1.82) is 0 Å². The van der Waals surface area contributed by atoms with E-state index in [9.17, 15) is 0 Å². The zero-order chi connectivity index (χ0) is 8.43. The first kappa shape index (κ1) is 8.62. The Morgan fingerprint density at radius 2 is 1.91 bits per heavy atom. The molecule has 1 unspecified atom stereocenters. The van der Waals surface area contributed by atoms with Gasteiger partial charge in [-0.25, -0.2) is 0 Å². The van der Waals surface area contributed by atoms with Crippen LogP contribution in [0.3, 0.4) is 0 Å². The molecule has 11 heavy (non-hydrogen) atoms. The van der Waals surface area contributed by atoms with Crippen LogP contribution in [0.1, 0.15) is 22.1 Å². The van der Waals surface area contributed by atoms with E-state index in [1.807, 2.05) is 6.07 Å². The van der Waals surface area contributed by atoms with Crippen LogP contribution in [-0.2, 0) is 0 Å². The first-order valence-corrected chi connectivity index (χ1v) is 4.13. The Balaban J connectivity index is 3.05. The fraction of sp³-hybridized carbons (Fsp3) is 0.333. The number of benzene rings is 1. The molecule has 2 heteroatoms. The minimum absolute atomic E-state index is 0.158. The molecule has 0 aliphatic heterocycles. The first-order valence-electron chi connectivity index (χ1n) is 3.62. The normalized spacial score (nSPS) is 13.1. The number of hydrogen-bond donors (Lipinski definition) is 2. The van der Waals surface area contributed by atoms with Gasteiger partial charge >= 0.3 is 0 Å². The monoisotopic (exact) mass is 167 g/mol. The number of nitrogens with two attached hydrogens (primary N) is 1. The molecule has 1 aromatic carbocycles. The zero-order valence-corrected chi connectivity index (χ0v) is 7.73. The number of hydrogen-bond acceptors (Lipinski definition) is 2. The van der Waals surface area contributed by atoms with Gasteiger partial charge in [0.25, 0.3) is 0 Å². The maximum absolute atomic E-state index is 5.60. The van der Waals surface area contributed by atoms with Gasteiger partial charge in [0.1, 0.15) is 0 Å². The fourth-order valence-electron chi connectivity index (χ4n) is 0.949. The lowest BCUT2D eigenvalue weighted by atomic mass is 10.1. The molecule has 1 nitrogen and oxygen atoms in total. The zero-order valence-electron chi connectivity index (χ0n) is 6.83. The van der Waals surface area contributed by atoms with E-state index in [1.165, 1.54) is 11.1 Å². The quantitative estimate of drug-likeness (QED) is 0.486. The molecule has 60 valence electrons. The van der Waals surface area contributed by atoms with E-state index in [0.717, 1.165) is 5.56 Å². The largest absolute Gasteiger partial charge is 0.316 e. The maximum atomic E-state index is 5.60. The summed E-state index contributed by atoms with van der Waals surface area (Å²) in [7, 11) is 0. The smallest absolute Gasteiger partial charge is 0.0734 e. The van der Waals surface area contributed by atoms with Gasteiger partial charge in [0.15, 0.2) is 0 Å². The lowest BCUT2D eigenvalue weighted by Crippen LogP contribution is -2.02. The Morgan fingerprint density at radius 3 is 2.36 bits per heavy atom. The molecule has 0 fully saturated rings. The summed E-state index contributed by atoms with van der Waals surface area (Å²) in [5, 5.41) is -0.158. The van der Waals surface area contributed by atoms with Gasteiger partial charge in [-0.05, 0) is 30.5 Å². The van der Waals surface area contributed by atoms with Crippen molar-refractivity contribution in [2.24, 2.45) is 5.73 Å². The molecule has 0 aromatic heterocycles. The van der Waals surface area contributed by atoms with Crippen molar-refractivity contribution in [2.45, 2.75) is 19.2 Å². The number of aryl methyl sites for hydroxylation is 2. The second kappa shape index (κ2) is 3.28. The average molecular weight is 167 g/mol. The summed E-state index contributed by atoms with van der Waals surface area (Å²) in [5.74, 6) is 0. The van der Waals surface area contributed by atoms with E-state index in [2.05, 4.69) is 38.6 Å². The van der Waals surface area contributed by atoms with E-state index in [0.29, 0.717) is 0 Å². The van der Waals surface area contributed by atoms with E-state index in [1.54, 1.807) is 0 Å². The van der Waals surface area contributed by atoms with Crippen molar-refractivity contribution in [3.63, 3.8) is 0 Å². The van der Waals surface area contributed by atoms with E-state index < -0.39 is 0 Å². The highest BCUT2D eigenvalue weighted by molar-refractivity contribution is 7.80. The molecule has 0 heterocycles. The van der Waals surface area contributed by atoms with Crippen LogP contribution < -0.4 is 5.73 Å². The molecule has 1 aromatic rings. The van der Waals surface area contributed by atoms with Crippen LogP contribution in [0.5, 0.6) is 0 Å². The summed E-state index contributed by atoms with van der Waals surface area (Å²) in [6.07, 6.45) is 0. The highest BCUT2D eigenvalue weighted by atomic mass is 32.1. The summed E-state index contributed by atoms with van der Waals surface area (Å²) in [4.78, 5) is 0. The van der Waals surface area contributed by atoms with Crippen LogP contribution in [0.25, 0.3) is 0 Å². The highest BCUT2D eigenvalue weighted by Crippen LogP contribution is 2.17. The Labute approximate surface area is 73.0 Å². The van der Waals surface area contributed by atoms with Crippen LogP contribution in [-0.4, -0.2) is 0 Å². The van der Waals surface area contributed by atoms with Crippen molar-refractivity contribution in [2.75, 3.05) is 0 Å². The van der Waals surface area contributed by atoms with Crippen molar-refractivity contribution in [3.05, 3.63) is 34.9 Å². The fourth-order valence-corrected chi connectivity index (χ4v) is 1.11. The van der Waals surface area contributed by atoms with Crippen LogP contribution in [0, 0.1) is 13.8 Å². The van der Waals surface area contributed by atoms with Gasteiger partial charge in [-0.2, -0.15) is 12.6 Å². The predicted molar refractivity (Wildman–Crippen MR) is 51.8 cm³/mol. The SMILES string of the molecule is Cc1ccc(C(N)S)cc1C. The van der Waals surface area contributed by atoms with Gasteiger partial charge in [0, 0.05) is 0 Å². The molecule has 0 saturated carbocycles. The summed E-state index contributed by atoms with van der Waals surface area (Å²) in [5.41, 5.74) is 9.24. The van der Waals surface area contributed by atoms with Crippen molar-refractivity contribution in [3.8, 4) is 0 Å². The summed E-state index contributed by atoms with van der Waals surface area (Å²) >= 11 is 4.15. The summed E-state index contributed by atoms with van der Waals surface area (Å²) < 4.78 is 0. The van der Waals surface area contributed by atoms with Crippen molar-refractivity contribution < 1.29 is 0 Å². The lowest BCUT2D eigenvalue weighted by Gasteiger charge is -2.06. The third kappa shape index (κ3) is 1.98. The second-order valence-electron chi connectivity index (χ2n) is 2.79. The molecule has 0 bridgehead atoms. The molecular weight excluding hydrogens is 154 g/mol. The van der Waals surface area contributed by atoms with Crippen molar-refractivity contribution >= 4 is 12.6 Å². The van der Waals surface area contributed by atoms with Gasteiger partial charge in [-0.1, -0.05) is 18.2 Å². The molecule has 1 atom stereocenters. The Bertz CT molecular complexity index is 256. The Hall–Kier alpha value is -0.470. The van der Waals surface area contributed by atoms with Gasteiger partial charge in [-0.3, -0.25) is 0 Å². The second-order valence-corrected chi connectivity index (χ2v) is 3.34. The molecule has 2 N–H and O–H groups in total. The predicted octanol–water partition coefficient (Wildman–Crippen LogP) is 2.19. The van der Waals surface area contributed by atoms with Crippen LogP contribution in [0.4, 0.5) is 0 Å². The van der Waals surface area contributed by atoms with Crippen molar-refractivity contribution in [1.82, 2.24) is 0 Å². The van der Waals surface area contributed by atoms with Gasteiger partial charge in [0.2, 0.25) is 0 Å². The topological polar surface area (TPSA) is 26.0 Å². The van der Waals surface area contributed by atoms with Crippen LogP contribution in [0.15, 0.2) is 18.2 Å². The maximum Gasteiger partial charge on any atom is 0.0734 e. The van der Waals surface area contributed by atoms with Gasteiger partial charge < -0.3 is 5.73 Å².